The number of aryl methyl sites for hydroxylation is 1. The molecule has 0 N–H and O–H groups in total. The summed E-state index contributed by atoms with van der Waals surface area (Å²) >= 11 is 0. The Morgan fingerprint density at radius 1 is 1.20 bits per heavy atom. The first kappa shape index (κ1) is 20.1. The van der Waals surface area contributed by atoms with Crippen molar-refractivity contribution < 1.29 is 22.7 Å². The van der Waals surface area contributed by atoms with Gasteiger partial charge in [0.2, 0.25) is 5.88 Å². The molecule has 0 spiro atoms. The van der Waals surface area contributed by atoms with Crippen molar-refractivity contribution in [1.82, 2.24) is 24.5 Å². The maximum atomic E-state index is 12.6. The summed E-state index contributed by atoms with van der Waals surface area (Å²) in [4.78, 5) is 21.8. The second-order valence-electron chi connectivity index (χ2n) is 7.33. The van der Waals surface area contributed by atoms with Crippen LogP contribution in [0.4, 0.5) is 13.2 Å². The van der Waals surface area contributed by atoms with Crippen LogP contribution >= 0.6 is 0 Å². The summed E-state index contributed by atoms with van der Waals surface area (Å²) in [6.45, 7) is 3.41. The Hall–Kier alpha value is -3.17. The zero-order chi connectivity index (χ0) is 21.3. The lowest BCUT2D eigenvalue weighted by Gasteiger charge is -2.31. The number of hydrogen-bond donors (Lipinski definition) is 0. The Labute approximate surface area is 170 Å². The smallest absolute Gasteiger partial charge is 0.433 e. The van der Waals surface area contributed by atoms with E-state index in [-0.39, 0.29) is 17.4 Å². The number of halogens is 3. The van der Waals surface area contributed by atoms with Gasteiger partial charge in [-0.05, 0) is 43.9 Å². The van der Waals surface area contributed by atoms with Crippen LogP contribution in [0.1, 0.15) is 34.6 Å². The lowest BCUT2D eigenvalue weighted by molar-refractivity contribution is -0.141. The highest BCUT2D eigenvalue weighted by molar-refractivity contribution is 5.94. The number of rotatable bonds is 4. The van der Waals surface area contributed by atoms with Crippen LogP contribution in [-0.4, -0.2) is 50.1 Å². The first-order chi connectivity index (χ1) is 14.3. The van der Waals surface area contributed by atoms with Crippen molar-refractivity contribution >= 4 is 11.6 Å². The predicted molar refractivity (Wildman–Crippen MR) is 101 cm³/mol. The van der Waals surface area contributed by atoms with Gasteiger partial charge in [-0.1, -0.05) is 0 Å². The molecule has 30 heavy (non-hydrogen) atoms. The lowest BCUT2D eigenvalue weighted by atomic mass is 9.97. The van der Waals surface area contributed by atoms with Gasteiger partial charge in [0.25, 0.3) is 5.91 Å². The molecule has 1 saturated heterocycles. The molecular formula is C20H20F3N5O2. The number of imidazole rings is 1. The van der Waals surface area contributed by atoms with Crippen LogP contribution < -0.4 is 4.74 Å². The van der Waals surface area contributed by atoms with E-state index >= 15 is 0 Å². The monoisotopic (exact) mass is 419 g/mol. The van der Waals surface area contributed by atoms with Gasteiger partial charge in [-0.2, -0.15) is 13.2 Å². The van der Waals surface area contributed by atoms with Gasteiger partial charge in [0.1, 0.15) is 5.69 Å². The number of ether oxygens (including phenoxy) is 1. The van der Waals surface area contributed by atoms with Gasteiger partial charge in [-0.3, -0.25) is 9.78 Å². The Bertz CT molecular complexity index is 1040. The molecular weight excluding hydrogens is 399 g/mol. The number of piperidine rings is 1. The summed E-state index contributed by atoms with van der Waals surface area (Å²) in [5.74, 6) is 0.467. The Balaban J connectivity index is 1.29. The number of amides is 1. The fourth-order valence-electron chi connectivity index (χ4n) is 3.44. The Kier molecular flexibility index (Phi) is 5.31. The molecule has 0 atom stereocenters. The molecule has 7 nitrogen and oxygen atoms in total. The topological polar surface area (TPSA) is 72.6 Å². The maximum Gasteiger partial charge on any atom is 0.433 e. The third kappa shape index (κ3) is 4.37. The molecule has 0 unspecified atom stereocenters. The summed E-state index contributed by atoms with van der Waals surface area (Å²) in [5.41, 5.74) is 0.780. The van der Waals surface area contributed by atoms with Gasteiger partial charge in [0, 0.05) is 25.4 Å². The molecule has 0 aromatic carbocycles. The van der Waals surface area contributed by atoms with Crippen LogP contribution in [0.2, 0.25) is 0 Å². The van der Waals surface area contributed by atoms with Gasteiger partial charge in [-0.15, -0.1) is 5.10 Å². The fourth-order valence-corrected chi connectivity index (χ4v) is 3.44. The molecule has 1 aliphatic rings. The standard InChI is InChI=1S/C20H20F3N5O2/c1-13-11-28-17(25-13)4-5-18(26-28)30-12-14-6-8-27(9-7-14)19(29)15-2-3-16(24-10-15)20(21,22)23/h2-5,10-11,14H,6-9,12H2,1H3. The van der Waals surface area contributed by atoms with Crippen LogP contribution in [0.3, 0.4) is 0 Å². The van der Waals surface area contributed by atoms with Gasteiger partial charge in [0.05, 0.1) is 24.1 Å². The number of carbonyl (C=O) groups excluding carboxylic acids is 1. The Morgan fingerprint density at radius 2 is 1.97 bits per heavy atom. The Morgan fingerprint density at radius 3 is 2.63 bits per heavy atom. The van der Waals surface area contributed by atoms with Gasteiger partial charge in [-0.25, -0.2) is 9.50 Å². The van der Waals surface area contributed by atoms with Gasteiger partial charge >= 0.3 is 6.18 Å². The molecule has 10 heteroatoms. The average Bonchev–Trinajstić information content (AvgIpc) is 3.11. The van der Waals surface area contributed by atoms with E-state index in [4.69, 9.17) is 4.74 Å². The van der Waals surface area contributed by atoms with Crippen molar-refractivity contribution in [2.75, 3.05) is 19.7 Å². The third-order valence-electron chi connectivity index (χ3n) is 5.09. The third-order valence-corrected chi connectivity index (χ3v) is 5.09. The first-order valence-corrected chi connectivity index (χ1v) is 9.58. The highest BCUT2D eigenvalue weighted by Crippen LogP contribution is 2.27. The largest absolute Gasteiger partial charge is 0.476 e. The molecule has 3 aromatic heterocycles. The summed E-state index contributed by atoms with van der Waals surface area (Å²) in [5, 5.41) is 4.37. The highest BCUT2D eigenvalue weighted by Gasteiger charge is 2.32. The predicted octanol–water partition coefficient (Wildman–Crippen LogP) is 3.38. The van der Waals surface area contributed by atoms with Gasteiger partial charge < -0.3 is 9.64 Å². The van der Waals surface area contributed by atoms with Crippen LogP contribution in [0.5, 0.6) is 5.88 Å². The van der Waals surface area contributed by atoms with Crippen LogP contribution in [0.15, 0.2) is 36.7 Å². The van der Waals surface area contributed by atoms with Crippen molar-refractivity contribution in [3.63, 3.8) is 0 Å². The molecule has 0 bridgehead atoms. The summed E-state index contributed by atoms with van der Waals surface area (Å²) in [6, 6.07) is 5.62. The molecule has 0 aliphatic carbocycles. The molecule has 1 fully saturated rings. The fraction of sp³-hybridized carbons (Fsp3) is 0.400. The molecule has 158 valence electrons. The quantitative estimate of drug-likeness (QED) is 0.648. The average molecular weight is 419 g/mol. The summed E-state index contributed by atoms with van der Waals surface area (Å²) in [6.07, 6.45) is -0.225. The van der Waals surface area contributed by atoms with E-state index in [1.54, 1.807) is 15.5 Å². The summed E-state index contributed by atoms with van der Waals surface area (Å²) in [7, 11) is 0. The van der Waals surface area contributed by atoms with Crippen molar-refractivity contribution in [1.29, 1.82) is 0 Å². The maximum absolute atomic E-state index is 12.6. The number of fused-ring (bicyclic) bond motifs is 1. The number of hydrogen-bond acceptors (Lipinski definition) is 5. The number of nitrogens with zero attached hydrogens (tertiary/aromatic N) is 5. The van der Waals surface area contributed by atoms with Crippen molar-refractivity contribution in [2.24, 2.45) is 5.92 Å². The van der Waals surface area contributed by atoms with Crippen molar-refractivity contribution in [3.05, 3.63) is 53.6 Å². The van der Waals surface area contributed by atoms with Crippen molar-refractivity contribution in [3.8, 4) is 5.88 Å². The molecule has 3 aromatic rings. The van der Waals surface area contributed by atoms with Crippen LogP contribution in [0, 0.1) is 12.8 Å². The first-order valence-electron chi connectivity index (χ1n) is 9.58. The minimum Gasteiger partial charge on any atom is -0.476 e. The minimum atomic E-state index is -4.52. The number of carbonyl (C=O) groups is 1. The summed E-state index contributed by atoms with van der Waals surface area (Å²) < 4.78 is 45.3. The second kappa shape index (κ2) is 7.92. The van der Waals surface area contributed by atoms with E-state index in [1.807, 2.05) is 19.2 Å². The van der Waals surface area contributed by atoms with Gasteiger partial charge in [0.15, 0.2) is 5.65 Å². The van der Waals surface area contributed by atoms with E-state index in [0.717, 1.165) is 36.4 Å². The minimum absolute atomic E-state index is 0.158. The number of likely N-dealkylation sites (tertiary alicyclic amines) is 1. The molecule has 4 rings (SSSR count). The molecule has 1 aliphatic heterocycles. The number of aromatic nitrogens is 4. The van der Waals surface area contributed by atoms with E-state index < -0.39 is 11.9 Å². The zero-order valence-electron chi connectivity index (χ0n) is 16.3. The normalized spacial score (nSPS) is 15.5. The van der Waals surface area contributed by atoms with E-state index in [2.05, 4.69) is 15.1 Å². The second-order valence-corrected chi connectivity index (χ2v) is 7.33. The lowest BCUT2D eigenvalue weighted by Crippen LogP contribution is -2.39. The number of alkyl halides is 3. The highest BCUT2D eigenvalue weighted by atomic mass is 19.4. The SMILES string of the molecule is Cc1cn2nc(OCC3CCN(C(=O)c4ccc(C(F)(F)F)nc4)CC3)ccc2n1. The molecule has 0 radical (unpaired) electrons. The molecule has 4 heterocycles. The number of pyridine rings is 1. The van der Waals surface area contributed by atoms with Crippen LogP contribution in [-0.2, 0) is 6.18 Å². The van der Waals surface area contributed by atoms with E-state index in [0.29, 0.717) is 25.6 Å². The molecule has 0 saturated carbocycles. The van der Waals surface area contributed by atoms with E-state index in [1.165, 1.54) is 6.07 Å². The van der Waals surface area contributed by atoms with E-state index in [9.17, 15) is 18.0 Å². The van der Waals surface area contributed by atoms with Crippen LogP contribution in [0.25, 0.3) is 5.65 Å². The van der Waals surface area contributed by atoms with Crippen molar-refractivity contribution in [2.45, 2.75) is 25.9 Å². The zero-order valence-corrected chi connectivity index (χ0v) is 16.3. The molecule has 1 amide bonds.